The zero-order chi connectivity index (χ0) is 15.3. The van der Waals surface area contributed by atoms with Crippen LogP contribution in [0.15, 0.2) is 6.07 Å². The number of nitrogens with one attached hydrogen (secondary N) is 2. The summed E-state index contributed by atoms with van der Waals surface area (Å²) in [5.74, 6) is -0.463. The van der Waals surface area contributed by atoms with E-state index in [2.05, 4.69) is 15.7 Å². The van der Waals surface area contributed by atoms with Crippen LogP contribution in [-0.4, -0.2) is 33.7 Å². The van der Waals surface area contributed by atoms with Crippen LogP contribution in [0.3, 0.4) is 0 Å². The van der Waals surface area contributed by atoms with Crippen LogP contribution in [0.25, 0.3) is 0 Å². The standard InChI is InChI=1S/C14H24N4O2/c1-6-9(3)15-13(19)11-8-12(18(5)17-11)14(20)16-10(4)7-2/h8-10H,6-7H2,1-5H3,(H,15,19)(H,16,20)/t9-,10+/m0/s1. The van der Waals surface area contributed by atoms with Gasteiger partial charge in [-0.3, -0.25) is 14.3 Å². The molecule has 6 nitrogen and oxygen atoms in total. The van der Waals surface area contributed by atoms with Gasteiger partial charge >= 0.3 is 0 Å². The van der Waals surface area contributed by atoms with Crippen LogP contribution in [0.4, 0.5) is 0 Å². The van der Waals surface area contributed by atoms with Gasteiger partial charge < -0.3 is 10.6 Å². The smallest absolute Gasteiger partial charge is 0.272 e. The summed E-state index contributed by atoms with van der Waals surface area (Å²) in [6, 6.07) is 1.70. The Morgan fingerprint density at radius 2 is 1.65 bits per heavy atom. The Morgan fingerprint density at radius 1 is 1.15 bits per heavy atom. The molecule has 2 N–H and O–H groups in total. The minimum Gasteiger partial charge on any atom is -0.348 e. The molecule has 0 saturated heterocycles. The van der Waals surface area contributed by atoms with Crippen LogP contribution in [-0.2, 0) is 7.05 Å². The third-order valence-electron chi connectivity index (χ3n) is 3.32. The van der Waals surface area contributed by atoms with Crippen molar-refractivity contribution in [3.05, 3.63) is 17.5 Å². The number of nitrogens with zero attached hydrogens (tertiary/aromatic N) is 2. The molecule has 0 aromatic carbocycles. The van der Waals surface area contributed by atoms with E-state index in [0.29, 0.717) is 5.69 Å². The second-order valence-electron chi connectivity index (χ2n) is 5.10. The number of aryl methyl sites for hydroxylation is 1. The van der Waals surface area contributed by atoms with Gasteiger partial charge in [0, 0.05) is 25.2 Å². The van der Waals surface area contributed by atoms with Gasteiger partial charge in [-0.1, -0.05) is 13.8 Å². The molecule has 1 aromatic rings. The molecule has 1 rings (SSSR count). The van der Waals surface area contributed by atoms with E-state index >= 15 is 0 Å². The van der Waals surface area contributed by atoms with Crippen LogP contribution in [0, 0.1) is 0 Å². The first-order chi connectivity index (χ1) is 9.38. The SMILES string of the molecule is CC[C@@H](C)NC(=O)c1cc(C(=O)N[C@@H](C)CC)nn1C. The summed E-state index contributed by atoms with van der Waals surface area (Å²) in [7, 11) is 1.66. The topological polar surface area (TPSA) is 76.0 Å². The minimum atomic E-state index is -0.252. The van der Waals surface area contributed by atoms with Crippen molar-refractivity contribution in [2.75, 3.05) is 0 Å². The van der Waals surface area contributed by atoms with Crippen LogP contribution >= 0.6 is 0 Å². The lowest BCUT2D eigenvalue weighted by Crippen LogP contribution is -2.33. The molecule has 1 heterocycles. The molecule has 0 spiro atoms. The summed E-state index contributed by atoms with van der Waals surface area (Å²) < 4.78 is 1.43. The Bertz CT molecular complexity index is 482. The van der Waals surface area contributed by atoms with Gasteiger partial charge in [-0.2, -0.15) is 5.10 Å². The van der Waals surface area contributed by atoms with Gasteiger partial charge in [-0.05, 0) is 26.7 Å². The van der Waals surface area contributed by atoms with E-state index in [1.54, 1.807) is 7.05 Å². The number of rotatable bonds is 6. The summed E-state index contributed by atoms with van der Waals surface area (Å²) in [6.45, 7) is 7.86. The summed E-state index contributed by atoms with van der Waals surface area (Å²) >= 11 is 0. The monoisotopic (exact) mass is 280 g/mol. The van der Waals surface area contributed by atoms with E-state index in [9.17, 15) is 9.59 Å². The van der Waals surface area contributed by atoms with Gasteiger partial charge in [0.15, 0.2) is 5.69 Å². The molecule has 0 fully saturated rings. The van der Waals surface area contributed by atoms with E-state index in [1.807, 2.05) is 27.7 Å². The van der Waals surface area contributed by atoms with Crippen molar-refractivity contribution in [2.45, 2.75) is 52.6 Å². The second kappa shape index (κ2) is 7.07. The van der Waals surface area contributed by atoms with Gasteiger partial charge in [0.2, 0.25) is 0 Å². The third-order valence-corrected chi connectivity index (χ3v) is 3.32. The zero-order valence-electron chi connectivity index (χ0n) is 12.9. The highest BCUT2D eigenvalue weighted by atomic mass is 16.2. The number of carbonyl (C=O) groups is 2. The number of hydrogen-bond acceptors (Lipinski definition) is 3. The number of amides is 2. The highest BCUT2D eigenvalue weighted by molar-refractivity contribution is 5.98. The first-order valence-electron chi connectivity index (χ1n) is 7.04. The molecule has 112 valence electrons. The molecule has 0 aliphatic rings. The summed E-state index contributed by atoms with van der Waals surface area (Å²) in [5.41, 5.74) is 0.654. The molecule has 0 radical (unpaired) electrons. The zero-order valence-corrected chi connectivity index (χ0v) is 12.9. The second-order valence-corrected chi connectivity index (χ2v) is 5.10. The van der Waals surface area contributed by atoms with E-state index in [4.69, 9.17) is 0 Å². The third kappa shape index (κ3) is 4.08. The molecular formula is C14H24N4O2. The lowest BCUT2D eigenvalue weighted by molar-refractivity contribution is 0.0923. The summed E-state index contributed by atoms with van der Waals surface area (Å²) in [5, 5.41) is 9.79. The molecular weight excluding hydrogens is 256 g/mol. The van der Waals surface area contributed by atoms with Gasteiger partial charge in [-0.25, -0.2) is 0 Å². The lowest BCUT2D eigenvalue weighted by atomic mass is 10.2. The van der Waals surface area contributed by atoms with Crippen LogP contribution < -0.4 is 10.6 Å². The quantitative estimate of drug-likeness (QED) is 0.828. The van der Waals surface area contributed by atoms with Crippen molar-refractivity contribution < 1.29 is 9.59 Å². The Kier molecular flexibility index (Phi) is 5.73. The van der Waals surface area contributed by atoms with Crippen molar-refractivity contribution in [1.82, 2.24) is 20.4 Å². The van der Waals surface area contributed by atoms with Crippen molar-refractivity contribution in [1.29, 1.82) is 0 Å². The van der Waals surface area contributed by atoms with E-state index < -0.39 is 0 Å². The molecule has 6 heteroatoms. The van der Waals surface area contributed by atoms with Crippen LogP contribution in [0.1, 0.15) is 61.5 Å². The maximum Gasteiger partial charge on any atom is 0.272 e. The molecule has 20 heavy (non-hydrogen) atoms. The van der Waals surface area contributed by atoms with Gasteiger partial charge in [0.25, 0.3) is 11.8 Å². The first kappa shape index (κ1) is 16.2. The van der Waals surface area contributed by atoms with Crippen LogP contribution in [0.5, 0.6) is 0 Å². The fourth-order valence-corrected chi connectivity index (χ4v) is 1.59. The molecule has 2 atom stereocenters. The Hall–Kier alpha value is -1.85. The predicted octanol–water partition coefficient (Wildman–Crippen LogP) is 1.48. The van der Waals surface area contributed by atoms with Crippen molar-refractivity contribution in [3.8, 4) is 0 Å². The predicted molar refractivity (Wildman–Crippen MR) is 77.6 cm³/mol. The fraction of sp³-hybridized carbons (Fsp3) is 0.643. The Labute approximate surface area is 119 Å². The molecule has 0 aliphatic heterocycles. The van der Waals surface area contributed by atoms with Crippen molar-refractivity contribution in [3.63, 3.8) is 0 Å². The van der Waals surface area contributed by atoms with Gasteiger partial charge in [0.05, 0.1) is 0 Å². The van der Waals surface area contributed by atoms with E-state index in [1.165, 1.54) is 10.7 Å². The lowest BCUT2D eigenvalue weighted by Gasteiger charge is -2.10. The van der Waals surface area contributed by atoms with Crippen molar-refractivity contribution >= 4 is 11.8 Å². The summed E-state index contributed by atoms with van der Waals surface area (Å²) in [4.78, 5) is 24.0. The van der Waals surface area contributed by atoms with E-state index in [-0.39, 0.29) is 29.6 Å². The maximum atomic E-state index is 12.0. The van der Waals surface area contributed by atoms with Crippen LogP contribution in [0.2, 0.25) is 0 Å². The largest absolute Gasteiger partial charge is 0.348 e. The number of carbonyl (C=O) groups excluding carboxylic acids is 2. The van der Waals surface area contributed by atoms with Gasteiger partial charge in [0.1, 0.15) is 5.69 Å². The average molecular weight is 280 g/mol. The number of aromatic nitrogens is 2. The summed E-state index contributed by atoms with van der Waals surface area (Å²) in [6.07, 6.45) is 1.70. The first-order valence-corrected chi connectivity index (χ1v) is 7.04. The number of hydrogen-bond donors (Lipinski definition) is 2. The molecule has 1 aromatic heterocycles. The Morgan fingerprint density at radius 3 is 2.15 bits per heavy atom. The maximum absolute atomic E-state index is 12.0. The highest BCUT2D eigenvalue weighted by Gasteiger charge is 2.19. The minimum absolute atomic E-state index is 0.0851. The molecule has 0 bridgehead atoms. The fourth-order valence-electron chi connectivity index (χ4n) is 1.59. The molecule has 2 amide bonds. The highest BCUT2D eigenvalue weighted by Crippen LogP contribution is 2.05. The average Bonchev–Trinajstić information content (AvgIpc) is 2.80. The van der Waals surface area contributed by atoms with Crippen molar-refractivity contribution in [2.24, 2.45) is 7.05 Å². The van der Waals surface area contributed by atoms with E-state index in [0.717, 1.165) is 12.8 Å². The Balaban J connectivity index is 2.82. The van der Waals surface area contributed by atoms with Gasteiger partial charge in [-0.15, -0.1) is 0 Å². The molecule has 0 saturated carbocycles. The normalized spacial score (nSPS) is 13.7. The molecule has 0 aliphatic carbocycles. The molecule has 0 unspecified atom stereocenters.